The van der Waals surface area contributed by atoms with Crippen LogP contribution < -0.4 is 0 Å². The molecule has 110 valence electrons. The van der Waals surface area contributed by atoms with Crippen LogP contribution in [0.15, 0.2) is 24.3 Å². The lowest BCUT2D eigenvalue weighted by Gasteiger charge is -2.33. The Hall–Kier alpha value is -1.39. The van der Waals surface area contributed by atoms with Crippen LogP contribution in [0.4, 0.5) is 0 Å². The number of rotatable bonds is 4. The Labute approximate surface area is 120 Å². The van der Waals surface area contributed by atoms with Crippen LogP contribution in [0.1, 0.15) is 42.6 Å². The van der Waals surface area contributed by atoms with Crippen molar-refractivity contribution in [3.63, 3.8) is 0 Å². The van der Waals surface area contributed by atoms with E-state index in [0.29, 0.717) is 18.7 Å². The Kier molecular flexibility index (Phi) is 4.45. The van der Waals surface area contributed by atoms with Crippen LogP contribution in [0.25, 0.3) is 0 Å². The molecule has 4 nitrogen and oxygen atoms in total. The molecule has 1 aromatic carbocycles. The van der Waals surface area contributed by atoms with Gasteiger partial charge in [-0.15, -0.1) is 0 Å². The fourth-order valence-electron chi connectivity index (χ4n) is 2.82. The van der Waals surface area contributed by atoms with Crippen molar-refractivity contribution in [2.45, 2.75) is 44.9 Å². The van der Waals surface area contributed by atoms with Gasteiger partial charge in [0.05, 0.1) is 18.2 Å². The van der Waals surface area contributed by atoms with E-state index in [1.54, 1.807) is 25.9 Å². The van der Waals surface area contributed by atoms with Gasteiger partial charge < -0.3 is 14.7 Å². The number of amides is 1. The van der Waals surface area contributed by atoms with Gasteiger partial charge in [0.1, 0.15) is 0 Å². The highest BCUT2D eigenvalue weighted by atomic mass is 16.5. The molecule has 1 aromatic rings. The van der Waals surface area contributed by atoms with Crippen molar-refractivity contribution in [3.8, 4) is 0 Å². The Bertz CT molecular complexity index is 462. The second kappa shape index (κ2) is 5.94. The molecule has 4 heteroatoms. The summed E-state index contributed by atoms with van der Waals surface area (Å²) in [7, 11) is 1.65. The van der Waals surface area contributed by atoms with Crippen molar-refractivity contribution in [3.05, 3.63) is 35.4 Å². The molecule has 2 rings (SSSR count). The maximum atomic E-state index is 12.6. The second-order valence-corrected chi connectivity index (χ2v) is 5.94. The topological polar surface area (TPSA) is 49.8 Å². The fourth-order valence-corrected chi connectivity index (χ4v) is 2.82. The van der Waals surface area contributed by atoms with E-state index in [1.165, 1.54) is 0 Å². The largest absolute Gasteiger partial charge is 0.388 e. The fraction of sp³-hybridized carbons (Fsp3) is 0.562. The minimum absolute atomic E-state index is 0.00130. The zero-order valence-corrected chi connectivity index (χ0v) is 12.4. The molecule has 1 aliphatic heterocycles. The first-order chi connectivity index (χ1) is 9.43. The number of carbonyl (C=O) groups excluding carboxylic acids is 1. The molecule has 20 heavy (non-hydrogen) atoms. The molecule has 0 bridgehead atoms. The zero-order chi connectivity index (χ0) is 14.8. The molecule has 0 saturated carbocycles. The summed E-state index contributed by atoms with van der Waals surface area (Å²) >= 11 is 0. The van der Waals surface area contributed by atoms with Crippen LogP contribution in [0.5, 0.6) is 0 Å². The van der Waals surface area contributed by atoms with Crippen molar-refractivity contribution in [2.24, 2.45) is 0 Å². The Morgan fingerprint density at radius 3 is 2.60 bits per heavy atom. The minimum atomic E-state index is -0.859. The van der Waals surface area contributed by atoms with Gasteiger partial charge >= 0.3 is 0 Å². The smallest absolute Gasteiger partial charge is 0.254 e. The number of likely N-dealkylation sites (tertiary alicyclic amines) is 1. The second-order valence-electron chi connectivity index (χ2n) is 5.94. The van der Waals surface area contributed by atoms with E-state index < -0.39 is 5.60 Å². The summed E-state index contributed by atoms with van der Waals surface area (Å²) in [6.45, 7) is 4.80. The zero-order valence-electron chi connectivity index (χ0n) is 12.4. The predicted molar refractivity (Wildman–Crippen MR) is 77.5 cm³/mol. The average molecular weight is 277 g/mol. The van der Waals surface area contributed by atoms with E-state index in [2.05, 4.69) is 0 Å². The number of nitrogens with zero attached hydrogens (tertiary/aromatic N) is 1. The summed E-state index contributed by atoms with van der Waals surface area (Å²) < 4.78 is 5.06. The standard InChI is InChI=1S/C16H23NO3/c1-16(2,19)14-5-4-10-17(14)15(18)13-8-6-12(7-9-13)11-20-3/h6-9,14,19H,4-5,10-11H2,1-3H3. The van der Waals surface area contributed by atoms with Crippen LogP contribution >= 0.6 is 0 Å². The molecule has 1 amide bonds. The van der Waals surface area contributed by atoms with Crippen molar-refractivity contribution in [1.29, 1.82) is 0 Å². The maximum Gasteiger partial charge on any atom is 0.254 e. The van der Waals surface area contributed by atoms with Crippen molar-refractivity contribution in [2.75, 3.05) is 13.7 Å². The summed E-state index contributed by atoms with van der Waals surface area (Å²) in [5, 5.41) is 10.2. The third-order valence-corrected chi connectivity index (χ3v) is 3.84. The number of aliphatic hydroxyl groups is 1. The van der Waals surface area contributed by atoms with Gasteiger partial charge in [0.15, 0.2) is 0 Å². The lowest BCUT2D eigenvalue weighted by Crippen LogP contribution is -2.48. The molecule has 1 atom stereocenters. The Morgan fingerprint density at radius 2 is 2.05 bits per heavy atom. The van der Waals surface area contributed by atoms with Crippen LogP contribution in [0.3, 0.4) is 0 Å². The first-order valence-corrected chi connectivity index (χ1v) is 7.04. The Morgan fingerprint density at radius 1 is 1.40 bits per heavy atom. The molecule has 0 aromatic heterocycles. The normalized spacial score (nSPS) is 19.4. The predicted octanol–water partition coefficient (Wildman–Crippen LogP) is 2.21. The first-order valence-electron chi connectivity index (χ1n) is 7.04. The average Bonchev–Trinajstić information content (AvgIpc) is 2.88. The number of hydrogen-bond acceptors (Lipinski definition) is 3. The van der Waals surface area contributed by atoms with Gasteiger partial charge in [-0.3, -0.25) is 4.79 Å². The van der Waals surface area contributed by atoms with Crippen molar-refractivity contribution < 1.29 is 14.6 Å². The van der Waals surface area contributed by atoms with Gasteiger partial charge in [0, 0.05) is 19.2 Å². The highest BCUT2D eigenvalue weighted by molar-refractivity contribution is 5.94. The van der Waals surface area contributed by atoms with E-state index in [1.807, 2.05) is 24.3 Å². The lowest BCUT2D eigenvalue weighted by atomic mass is 9.96. The quantitative estimate of drug-likeness (QED) is 0.918. The lowest BCUT2D eigenvalue weighted by molar-refractivity contribution is 0.000334. The van der Waals surface area contributed by atoms with Crippen LogP contribution in [-0.2, 0) is 11.3 Å². The summed E-state index contributed by atoms with van der Waals surface area (Å²) in [6, 6.07) is 7.37. The van der Waals surface area contributed by atoms with Crippen molar-refractivity contribution in [1.82, 2.24) is 4.90 Å². The molecular formula is C16H23NO3. The SMILES string of the molecule is COCc1ccc(C(=O)N2CCCC2C(C)(C)O)cc1. The van der Waals surface area contributed by atoms with Gasteiger partial charge in [0.2, 0.25) is 0 Å². The number of benzene rings is 1. The summed E-state index contributed by atoms with van der Waals surface area (Å²) in [6.07, 6.45) is 1.80. The van der Waals surface area contributed by atoms with E-state index >= 15 is 0 Å². The van der Waals surface area contributed by atoms with E-state index in [4.69, 9.17) is 4.74 Å². The van der Waals surface area contributed by atoms with Crippen LogP contribution in [0, 0.1) is 0 Å². The minimum Gasteiger partial charge on any atom is -0.388 e. The third-order valence-electron chi connectivity index (χ3n) is 3.84. The molecule has 1 fully saturated rings. The van der Waals surface area contributed by atoms with Crippen molar-refractivity contribution >= 4 is 5.91 Å². The molecule has 0 aliphatic carbocycles. The monoisotopic (exact) mass is 277 g/mol. The number of methoxy groups -OCH3 is 1. The van der Waals surface area contributed by atoms with Gasteiger partial charge in [-0.1, -0.05) is 12.1 Å². The van der Waals surface area contributed by atoms with Crippen LogP contribution in [0.2, 0.25) is 0 Å². The van der Waals surface area contributed by atoms with E-state index in [9.17, 15) is 9.90 Å². The van der Waals surface area contributed by atoms with E-state index in [-0.39, 0.29) is 11.9 Å². The number of ether oxygens (including phenoxy) is 1. The van der Waals surface area contributed by atoms with Crippen LogP contribution in [-0.4, -0.2) is 41.2 Å². The van der Waals surface area contributed by atoms with E-state index in [0.717, 1.165) is 18.4 Å². The highest BCUT2D eigenvalue weighted by Gasteiger charge is 2.38. The highest BCUT2D eigenvalue weighted by Crippen LogP contribution is 2.28. The van der Waals surface area contributed by atoms with Gasteiger partial charge in [-0.05, 0) is 44.4 Å². The summed E-state index contributed by atoms with van der Waals surface area (Å²) in [5.41, 5.74) is 0.854. The summed E-state index contributed by atoms with van der Waals surface area (Å²) in [5.74, 6) is -0.00130. The number of carbonyl (C=O) groups is 1. The molecule has 1 aliphatic rings. The van der Waals surface area contributed by atoms with Gasteiger partial charge in [-0.25, -0.2) is 0 Å². The molecular weight excluding hydrogens is 254 g/mol. The molecule has 1 saturated heterocycles. The first kappa shape index (κ1) is 15.0. The maximum absolute atomic E-state index is 12.6. The molecule has 1 N–H and O–H groups in total. The molecule has 0 spiro atoms. The summed E-state index contributed by atoms with van der Waals surface area (Å²) in [4.78, 5) is 14.4. The molecule has 1 unspecified atom stereocenters. The molecule has 0 radical (unpaired) electrons. The van der Waals surface area contributed by atoms with Gasteiger partial charge in [-0.2, -0.15) is 0 Å². The third kappa shape index (κ3) is 3.19. The molecule has 1 heterocycles. The van der Waals surface area contributed by atoms with Gasteiger partial charge in [0.25, 0.3) is 5.91 Å². The number of hydrogen-bond donors (Lipinski definition) is 1. The Balaban J connectivity index is 2.14.